The highest BCUT2D eigenvalue weighted by Crippen LogP contribution is 2.26. The highest BCUT2D eigenvalue weighted by Gasteiger charge is 2.03. The first-order chi connectivity index (χ1) is 8.63. The second-order valence-corrected chi connectivity index (χ2v) is 6.87. The van der Waals surface area contributed by atoms with Gasteiger partial charge in [-0.25, -0.2) is 0 Å². The van der Waals surface area contributed by atoms with Crippen molar-refractivity contribution in [3.05, 3.63) is 28.2 Å². The molecule has 3 heteroatoms. The van der Waals surface area contributed by atoms with Gasteiger partial charge in [0.25, 0.3) is 0 Å². The minimum absolute atomic E-state index is 0.528. The van der Waals surface area contributed by atoms with E-state index in [1.807, 2.05) is 11.8 Å². The first kappa shape index (κ1) is 16.1. The van der Waals surface area contributed by atoms with Crippen molar-refractivity contribution >= 4 is 27.7 Å². The molecular weight excluding hydrogens is 306 g/mol. The van der Waals surface area contributed by atoms with Crippen molar-refractivity contribution in [1.29, 1.82) is 0 Å². The summed E-state index contributed by atoms with van der Waals surface area (Å²) in [4.78, 5) is 1.37. The van der Waals surface area contributed by atoms with Crippen molar-refractivity contribution in [3.63, 3.8) is 0 Å². The lowest BCUT2D eigenvalue weighted by molar-refractivity contribution is 0.587. The predicted molar refractivity (Wildman–Crippen MR) is 86.4 cm³/mol. The van der Waals surface area contributed by atoms with Crippen LogP contribution in [-0.4, -0.2) is 11.8 Å². The van der Waals surface area contributed by atoms with Gasteiger partial charge in [-0.3, -0.25) is 0 Å². The molecule has 0 amide bonds. The molecule has 0 saturated carbocycles. The largest absolute Gasteiger partial charge is 0.310 e. The zero-order valence-electron chi connectivity index (χ0n) is 11.6. The first-order valence-corrected chi connectivity index (χ1v) is 8.56. The highest BCUT2D eigenvalue weighted by atomic mass is 79.9. The van der Waals surface area contributed by atoms with E-state index < -0.39 is 0 Å². The van der Waals surface area contributed by atoms with Gasteiger partial charge in [-0.05, 0) is 29.9 Å². The highest BCUT2D eigenvalue weighted by molar-refractivity contribution is 9.10. The molecule has 0 spiro atoms. The van der Waals surface area contributed by atoms with Gasteiger partial charge in [-0.2, -0.15) is 0 Å². The Morgan fingerprint density at radius 1 is 1.28 bits per heavy atom. The van der Waals surface area contributed by atoms with E-state index in [1.165, 1.54) is 39.9 Å². The Labute approximate surface area is 124 Å². The summed E-state index contributed by atoms with van der Waals surface area (Å²) in [6.45, 7) is 7.52. The first-order valence-electron chi connectivity index (χ1n) is 6.78. The molecule has 102 valence electrons. The van der Waals surface area contributed by atoms with Crippen LogP contribution < -0.4 is 5.32 Å². The maximum atomic E-state index is 3.67. The fourth-order valence-corrected chi connectivity index (χ4v) is 3.24. The molecule has 0 aromatic heterocycles. The lowest BCUT2D eigenvalue weighted by Crippen LogP contribution is -2.21. The monoisotopic (exact) mass is 329 g/mol. The van der Waals surface area contributed by atoms with Crippen molar-refractivity contribution in [2.45, 2.75) is 57.5 Å². The molecule has 0 aliphatic rings. The molecule has 1 N–H and O–H groups in total. The number of hydrogen-bond donors (Lipinski definition) is 1. The van der Waals surface area contributed by atoms with Crippen molar-refractivity contribution in [2.75, 3.05) is 5.75 Å². The molecule has 0 unspecified atom stereocenters. The van der Waals surface area contributed by atoms with Crippen LogP contribution >= 0.6 is 27.7 Å². The molecule has 1 nitrogen and oxygen atoms in total. The van der Waals surface area contributed by atoms with Gasteiger partial charge in [0.05, 0.1) is 0 Å². The van der Waals surface area contributed by atoms with Crippen molar-refractivity contribution in [3.8, 4) is 0 Å². The van der Waals surface area contributed by atoms with Crippen LogP contribution in [0.25, 0.3) is 0 Å². The van der Waals surface area contributed by atoms with Gasteiger partial charge in [0.1, 0.15) is 0 Å². The minimum Gasteiger partial charge on any atom is -0.310 e. The van der Waals surface area contributed by atoms with E-state index in [1.54, 1.807) is 0 Å². The van der Waals surface area contributed by atoms with E-state index in [0.29, 0.717) is 6.04 Å². The second kappa shape index (κ2) is 9.00. The molecular formula is C15H24BrNS. The Balaban J connectivity index is 2.46. The Hall–Kier alpha value is 0.01000. The quantitative estimate of drug-likeness (QED) is 0.517. The molecule has 0 aliphatic carbocycles. The fourth-order valence-electron chi connectivity index (χ4n) is 1.62. The van der Waals surface area contributed by atoms with E-state index in [-0.39, 0.29) is 0 Å². The van der Waals surface area contributed by atoms with Gasteiger partial charge in [0, 0.05) is 22.0 Å². The molecule has 0 fully saturated rings. The maximum absolute atomic E-state index is 3.67. The number of thioether (sulfide) groups is 1. The normalized spacial score (nSPS) is 11.2. The lowest BCUT2D eigenvalue weighted by Gasteiger charge is -2.11. The van der Waals surface area contributed by atoms with Crippen LogP contribution in [0.3, 0.4) is 0 Å². The standard InChI is InChI=1S/C15H24BrNS/c1-4-5-6-9-18-14-8-7-13(15(16)10-14)11-17-12(2)3/h7-8,10,12,17H,4-6,9,11H2,1-3H3. The van der Waals surface area contributed by atoms with Gasteiger partial charge in [0.2, 0.25) is 0 Å². The van der Waals surface area contributed by atoms with Crippen LogP contribution in [0.2, 0.25) is 0 Å². The van der Waals surface area contributed by atoms with Crippen LogP contribution in [0.15, 0.2) is 27.6 Å². The smallest absolute Gasteiger partial charge is 0.0231 e. The molecule has 0 atom stereocenters. The average molecular weight is 330 g/mol. The number of unbranched alkanes of at least 4 members (excludes halogenated alkanes) is 2. The van der Waals surface area contributed by atoms with E-state index in [4.69, 9.17) is 0 Å². The van der Waals surface area contributed by atoms with Gasteiger partial charge < -0.3 is 5.32 Å². The van der Waals surface area contributed by atoms with E-state index in [9.17, 15) is 0 Å². The van der Waals surface area contributed by atoms with E-state index >= 15 is 0 Å². The summed E-state index contributed by atoms with van der Waals surface area (Å²) in [5.74, 6) is 1.23. The molecule has 0 radical (unpaired) electrons. The van der Waals surface area contributed by atoms with Crippen LogP contribution in [0.1, 0.15) is 45.6 Å². The van der Waals surface area contributed by atoms with Crippen LogP contribution in [0.5, 0.6) is 0 Å². The second-order valence-electron chi connectivity index (χ2n) is 4.84. The van der Waals surface area contributed by atoms with Crippen molar-refractivity contribution < 1.29 is 0 Å². The Morgan fingerprint density at radius 3 is 2.67 bits per heavy atom. The van der Waals surface area contributed by atoms with Gasteiger partial charge in [-0.1, -0.05) is 55.6 Å². The Kier molecular flexibility index (Phi) is 8.03. The summed E-state index contributed by atoms with van der Waals surface area (Å²) >= 11 is 5.62. The number of hydrogen-bond acceptors (Lipinski definition) is 2. The summed E-state index contributed by atoms with van der Waals surface area (Å²) in [6.07, 6.45) is 3.95. The summed E-state index contributed by atoms with van der Waals surface area (Å²) in [5, 5.41) is 3.45. The molecule has 1 rings (SSSR count). The summed E-state index contributed by atoms with van der Waals surface area (Å²) < 4.78 is 1.22. The average Bonchev–Trinajstić information content (AvgIpc) is 2.33. The number of rotatable bonds is 8. The summed E-state index contributed by atoms with van der Waals surface area (Å²) in [6, 6.07) is 7.23. The molecule has 18 heavy (non-hydrogen) atoms. The van der Waals surface area contributed by atoms with Crippen molar-refractivity contribution in [1.82, 2.24) is 5.32 Å². The molecule has 0 heterocycles. The van der Waals surface area contributed by atoms with E-state index in [2.05, 4.69) is 60.2 Å². The van der Waals surface area contributed by atoms with E-state index in [0.717, 1.165) is 6.54 Å². The molecule has 0 aliphatic heterocycles. The van der Waals surface area contributed by atoms with Crippen molar-refractivity contribution in [2.24, 2.45) is 0 Å². The Bertz CT molecular complexity index is 352. The molecule has 0 saturated heterocycles. The Morgan fingerprint density at radius 2 is 2.06 bits per heavy atom. The van der Waals surface area contributed by atoms with Crippen LogP contribution in [0, 0.1) is 0 Å². The zero-order chi connectivity index (χ0) is 13.4. The molecule has 1 aromatic carbocycles. The maximum Gasteiger partial charge on any atom is 0.0231 e. The molecule has 0 bridgehead atoms. The van der Waals surface area contributed by atoms with Gasteiger partial charge in [-0.15, -0.1) is 11.8 Å². The summed E-state index contributed by atoms with van der Waals surface area (Å²) in [5.41, 5.74) is 1.33. The third kappa shape index (κ3) is 6.26. The number of halogens is 1. The number of nitrogens with one attached hydrogen (secondary N) is 1. The minimum atomic E-state index is 0.528. The third-order valence-corrected chi connectivity index (χ3v) is 4.56. The molecule has 1 aromatic rings. The number of benzene rings is 1. The van der Waals surface area contributed by atoms with Crippen LogP contribution in [-0.2, 0) is 6.54 Å². The topological polar surface area (TPSA) is 12.0 Å². The van der Waals surface area contributed by atoms with Crippen LogP contribution in [0.4, 0.5) is 0 Å². The summed E-state index contributed by atoms with van der Waals surface area (Å²) in [7, 11) is 0. The SMILES string of the molecule is CCCCCSc1ccc(CNC(C)C)c(Br)c1. The van der Waals surface area contributed by atoms with Gasteiger partial charge in [0.15, 0.2) is 0 Å². The third-order valence-electron chi connectivity index (χ3n) is 2.74. The lowest BCUT2D eigenvalue weighted by atomic mass is 10.2. The van der Waals surface area contributed by atoms with Gasteiger partial charge >= 0.3 is 0 Å². The predicted octanol–water partition coefficient (Wildman–Crippen LogP) is 5.23. The fraction of sp³-hybridized carbons (Fsp3) is 0.600. The zero-order valence-corrected chi connectivity index (χ0v) is 14.0.